The van der Waals surface area contributed by atoms with Crippen molar-refractivity contribution in [1.29, 1.82) is 0 Å². The molecule has 4 nitrogen and oxygen atoms in total. The smallest absolute Gasteiger partial charge is 0.323 e. The summed E-state index contributed by atoms with van der Waals surface area (Å²) in [5.74, 6) is 0.0577. The second-order valence-corrected chi connectivity index (χ2v) is 5.63. The Morgan fingerprint density at radius 1 is 1.50 bits per heavy atom. The summed E-state index contributed by atoms with van der Waals surface area (Å²) < 4.78 is 0. The van der Waals surface area contributed by atoms with E-state index in [2.05, 4.69) is 17.1 Å². The molecule has 0 saturated carbocycles. The quantitative estimate of drug-likeness (QED) is 0.731. The first kappa shape index (κ1) is 15.4. The van der Waals surface area contributed by atoms with Gasteiger partial charge in [0.15, 0.2) is 0 Å². The summed E-state index contributed by atoms with van der Waals surface area (Å²) >= 11 is 0. The summed E-state index contributed by atoms with van der Waals surface area (Å²) in [5.41, 5.74) is -0.784. The van der Waals surface area contributed by atoms with E-state index >= 15 is 0 Å². The minimum absolute atomic E-state index is 0.673. The Bertz CT molecular complexity index is 271. The van der Waals surface area contributed by atoms with E-state index in [1.165, 1.54) is 19.3 Å². The van der Waals surface area contributed by atoms with Gasteiger partial charge in [-0.25, -0.2) is 0 Å². The first-order valence-electron chi connectivity index (χ1n) is 7.22. The molecule has 0 radical (unpaired) electrons. The summed E-state index contributed by atoms with van der Waals surface area (Å²) in [6.07, 6.45) is 4.49. The van der Waals surface area contributed by atoms with Gasteiger partial charge in [-0.15, -0.1) is 0 Å². The molecule has 1 saturated heterocycles. The summed E-state index contributed by atoms with van der Waals surface area (Å²) in [4.78, 5) is 13.8. The van der Waals surface area contributed by atoms with Gasteiger partial charge in [0, 0.05) is 13.1 Å². The number of carbonyl (C=O) groups is 1. The molecule has 0 aromatic carbocycles. The molecule has 1 heterocycles. The van der Waals surface area contributed by atoms with Crippen molar-refractivity contribution in [1.82, 2.24) is 10.2 Å². The first-order chi connectivity index (χ1) is 8.51. The number of likely N-dealkylation sites (tertiary alicyclic amines) is 1. The summed E-state index contributed by atoms with van der Waals surface area (Å²) in [6, 6.07) is 0. The van der Waals surface area contributed by atoms with Gasteiger partial charge in [0.2, 0.25) is 0 Å². The molecule has 2 unspecified atom stereocenters. The number of carboxylic acid groups (broad SMARTS) is 1. The SMILES string of the molecule is CCNC(C)(CCN1CCCC(CC)C1)C(=O)O. The lowest BCUT2D eigenvalue weighted by molar-refractivity contribution is -0.144. The van der Waals surface area contributed by atoms with Crippen molar-refractivity contribution in [2.24, 2.45) is 5.92 Å². The Balaban J connectivity index is 2.44. The largest absolute Gasteiger partial charge is 0.480 e. The zero-order valence-corrected chi connectivity index (χ0v) is 12.0. The topological polar surface area (TPSA) is 52.6 Å². The molecule has 1 rings (SSSR count). The van der Waals surface area contributed by atoms with E-state index in [4.69, 9.17) is 0 Å². The third-order valence-corrected chi connectivity index (χ3v) is 4.15. The van der Waals surface area contributed by atoms with Gasteiger partial charge < -0.3 is 15.3 Å². The van der Waals surface area contributed by atoms with Gasteiger partial charge >= 0.3 is 5.97 Å². The molecular formula is C14H28N2O2. The molecule has 2 atom stereocenters. The van der Waals surface area contributed by atoms with E-state index < -0.39 is 11.5 Å². The Kier molecular flexibility index (Phi) is 6.09. The highest BCUT2D eigenvalue weighted by Crippen LogP contribution is 2.20. The van der Waals surface area contributed by atoms with Crippen LogP contribution in [0.3, 0.4) is 0 Å². The molecule has 1 aliphatic rings. The van der Waals surface area contributed by atoms with Crippen LogP contribution in [0.15, 0.2) is 0 Å². The van der Waals surface area contributed by atoms with Crippen LogP contribution in [0.1, 0.15) is 46.5 Å². The first-order valence-corrected chi connectivity index (χ1v) is 7.22. The zero-order valence-electron chi connectivity index (χ0n) is 12.0. The molecule has 4 heteroatoms. The lowest BCUT2D eigenvalue weighted by Gasteiger charge is -2.35. The van der Waals surface area contributed by atoms with Gasteiger partial charge in [0.25, 0.3) is 0 Å². The van der Waals surface area contributed by atoms with Crippen molar-refractivity contribution >= 4 is 5.97 Å². The van der Waals surface area contributed by atoms with Crippen LogP contribution in [0, 0.1) is 5.92 Å². The molecular weight excluding hydrogens is 228 g/mol. The number of carboxylic acids is 1. The number of likely N-dealkylation sites (N-methyl/N-ethyl adjacent to an activating group) is 1. The fourth-order valence-corrected chi connectivity index (χ4v) is 2.73. The average molecular weight is 256 g/mol. The van der Waals surface area contributed by atoms with Gasteiger partial charge in [-0.2, -0.15) is 0 Å². The number of aliphatic carboxylic acids is 1. The molecule has 1 aliphatic heterocycles. The third-order valence-electron chi connectivity index (χ3n) is 4.15. The standard InChI is InChI=1S/C14H28N2O2/c1-4-12-7-6-9-16(11-12)10-8-14(3,13(17)18)15-5-2/h12,15H,4-11H2,1-3H3,(H,17,18). The van der Waals surface area contributed by atoms with Crippen molar-refractivity contribution in [3.8, 4) is 0 Å². The van der Waals surface area contributed by atoms with Crippen molar-refractivity contribution in [2.75, 3.05) is 26.2 Å². The average Bonchev–Trinajstić information content (AvgIpc) is 2.37. The highest BCUT2D eigenvalue weighted by atomic mass is 16.4. The summed E-state index contributed by atoms with van der Waals surface area (Å²) in [6.45, 7) is 9.83. The second-order valence-electron chi connectivity index (χ2n) is 5.63. The lowest BCUT2D eigenvalue weighted by atomic mass is 9.93. The number of nitrogens with one attached hydrogen (secondary N) is 1. The van der Waals surface area contributed by atoms with Gasteiger partial charge in [-0.3, -0.25) is 4.79 Å². The predicted molar refractivity (Wildman–Crippen MR) is 73.8 cm³/mol. The van der Waals surface area contributed by atoms with Gasteiger partial charge in [-0.1, -0.05) is 20.3 Å². The summed E-state index contributed by atoms with van der Waals surface area (Å²) in [5, 5.41) is 12.4. The number of hydrogen-bond acceptors (Lipinski definition) is 3. The summed E-state index contributed by atoms with van der Waals surface area (Å²) in [7, 11) is 0. The maximum atomic E-state index is 11.3. The van der Waals surface area contributed by atoms with Crippen LogP contribution in [0.25, 0.3) is 0 Å². The highest BCUT2D eigenvalue weighted by molar-refractivity contribution is 5.78. The molecule has 106 valence electrons. The van der Waals surface area contributed by atoms with E-state index in [1.54, 1.807) is 6.92 Å². The second kappa shape index (κ2) is 7.10. The Hall–Kier alpha value is -0.610. The Labute approximate surface area is 111 Å². The van der Waals surface area contributed by atoms with Gasteiger partial charge in [0.1, 0.15) is 5.54 Å². The molecule has 0 aromatic heterocycles. The minimum atomic E-state index is -0.784. The van der Waals surface area contributed by atoms with Crippen LogP contribution in [-0.4, -0.2) is 47.7 Å². The van der Waals surface area contributed by atoms with Crippen molar-refractivity contribution in [2.45, 2.75) is 52.0 Å². The lowest BCUT2D eigenvalue weighted by Crippen LogP contribution is -2.51. The Morgan fingerprint density at radius 3 is 2.78 bits per heavy atom. The van der Waals surface area contributed by atoms with Crippen molar-refractivity contribution < 1.29 is 9.90 Å². The minimum Gasteiger partial charge on any atom is -0.480 e. The molecule has 0 amide bonds. The fraction of sp³-hybridized carbons (Fsp3) is 0.929. The normalized spacial score (nSPS) is 24.7. The number of rotatable bonds is 7. The molecule has 0 aromatic rings. The van der Waals surface area contributed by atoms with Crippen LogP contribution in [0.5, 0.6) is 0 Å². The predicted octanol–water partition coefficient (Wildman–Crippen LogP) is 1.95. The van der Waals surface area contributed by atoms with E-state index in [9.17, 15) is 9.90 Å². The maximum Gasteiger partial charge on any atom is 0.323 e. The van der Waals surface area contributed by atoms with Crippen LogP contribution in [0.4, 0.5) is 0 Å². The van der Waals surface area contributed by atoms with Crippen LogP contribution < -0.4 is 5.32 Å². The molecule has 18 heavy (non-hydrogen) atoms. The van der Waals surface area contributed by atoms with Crippen LogP contribution >= 0.6 is 0 Å². The van der Waals surface area contributed by atoms with Crippen molar-refractivity contribution in [3.63, 3.8) is 0 Å². The number of piperidine rings is 1. The van der Waals surface area contributed by atoms with Crippen LogP contribution in [0.2, 0.25) is 0 Å². The fourth-order valence-electron chi connectivity index (χ4n) is 2.73. The van der Waals surface area contributed by atoms with Crippen molar-refractivity contribution in [3.05, 3.63) is 0 Å². The van der Waals surface area contributed by atoms with E-state index in [0.717, 1.165) is 25.6 Å². The van der Waals surface area contributed by atoms with E-state index in [1.807, 2.05) is 6.92 Å². The molecule has 1 fully saturated rings. The monoisotopic (exact) mass is 256 g/mol. The van der Waals surface area contributed by atoms with Crippen LogP contribution in [-0.2, 0) is 4.79 Å². The molecule has 2 N–H and O–H groups in total. The zero-order chi connectivity index (χ0) is 13.6. The third kappa shape index (κ3) is 4.25. The number of nitrogens with zero attached hydrogens (tertiary/aromatic N) is 1. The number of hydrogen-bond donors (Lipinski definition) is 2. The molecule has 0 spiro atoms. The highest BCUT2D eigenvalue weighted by Gasteiger charge is 2.32. The molecule has 0 aliphatic carbocycles. The van der Waals surface area contributed by atoms with E-state index in [0.29, 0.717) is 13.0 Å². The maximum absolute atomic E-state index is 11.3. The van der Waals surface area contributed by atoms with Gasteiger partial charge in [0.05, 0.1) is 0 Å². The molecule has 0 bridgehead atoms. The van der Waals surface area contributed by atoms with E-state index in [-0.39, 0.29) is 0 Å². The Morgan fingerprint density at radius 2 is 2.22 bits per heavy atom. The van der Waals surface area contributed by atoms with Gasteiger partial charge in [-0.05, 0) is 45.2 Å².